The third-order valence-corrected chi connectivity index (χ3v) is 8.09. The Morgan fingerprint density at radius 2 is 1.95 bits per heavy atom. The quantitative estimate of drug-likeness (QED) is 0.322. The fourth-order valence-corrected chi connectivity index (χ4v) is 6.10. The van der Waals surface area contributed by atoms with Crippen LogP contribution < -0.4 is 14.4 Å². The molecule has 1 fully saturated rings. The number of aromatic nitrogens is 5. The summed E-state index contributed by atoms with van der Waals surface area (Å²) in [5, 5.41) is 15.8. The Kier molecular flexibility index (Phi) is 7.17. The van der Waals surface area contributed by atoms with Crippen LogP contribution in [0.15, 0.2) is 42.9 Å². The van der Waals surface area contributed by atoms with Crippen molar-refractivity contribution in [3.05, 3.63) is 48.5 Å². The third kappa shape index (κ3) is 5.73. The highest BCUT2D eigenvalue weighted by molar-refractivity contribution is 7.90. The molecule has 5 heterocycles. The van der Waals surface area contributed by atoms with E-state index in [1.165, 1.54) is 6.26 Å². The van der Waals surface area contributed by atoms with Gasteiger partial charge in [-0.25, -0.2) is 13.1 Å². The molecule has 0 aromatic carbocycles. The molecule has 4 aromatic rings. The van der Waals surface area contributed by atoms with Crippen molar-refractivity contribution < 1.29 is 23.0 Å². The average molecular weight is 567 g/mol. The summed E-state index contributed by atoms with van der Waals surface area (Å²) in [4.78, 5) is 15.9. The van der Waals surface area contributed by atoms with Crippen molar-refractivity contribution in [2.24, 2.45) is 5.92 Å². The molecule has 5 rings (SSSR count). The molecule has 0 aliphatic carbocycles. The largest absolute Gasteiger partial charge is 0.496 e. The number of aliphatic hydroxyl groups is 1. The lowest BCUT2D eigenvalue weighted by Crippen LogP contribution is -2.57. The molecule has 1 aliphatic rings. The van der Waals surface area contributed by atoms with Crippen LogP contribution in [0.5, 0.6) is 11.6 Å². The Bertz CT molecular complexity index is 1660. The summed E-state index contributed by atoms with van der Waals surface area (Å²) in [7, 11) is -1.48. The van der Waals surface area contributed by atoms with Crippen LogP contribution in [-0.2, 0) is 9.84 Å². The molecule has 0 bridgehead atoms. The maximum Gasteiger partial charge on any atom is 0.217 e. The molecule has 0 saturated carbocycles. The first-order valence-electron chi connectivity index (χ1n) is 13.0. The van der Waals surface area contributed by atoms with Gasteiger partial charge in [-0.2, -0.15) is 10.1 Å². The fourth-order valence-electron chi connectivity index (χ4n) is 4.94. The molecule has 1 saturated heterocycles. The predicted molar refractivity (Wildman–Crippen MR) is 153 cm³/mol. The normalized spacial score (nSPS) is 17.6. The average Bonchev–Trinajstić information content (AvgIpc) is 3.33. The molecule has 0 unspecified atom stereocenters. The van der Waals surface area contributed by atoms with Crippen molar-refractivity contribution in [1.29, 1.82) is 0 Å². The number of anilines is 1. The van der Waals surface area contributed by atoms with Crippen molar-refractivity contribution in [1.82, 2.24) is 24.7 Å². The van der Waals surface area contributed by atoms with Gasteiger partial charge >= 0.3 is 0 Å². The van der Waals surface area contributed by atoms with Gasteiger partial charge in [0, 0.05) is 66.1 Å². The van der Waals surface area contributed by atoms with Crippen LogP contribution in [0.25, 0.3) is 28.0 Å². The second-order valence-corrected chi connectivity index (χ2v) is 13.2. The van der Waals surface area contributed by atoms with Gasteiger partial charge in [0.05, 0.1) is 41.4 Å². The second kappa shape index (κ2) is 10.3. The summed E-state index contributed by atoms with van der Waals surface area (Å²) in [5.41, 5.74) is 2.80. The van der Waals surface area contributed by atoms with Crippen molar-refractivity contribution in [3.8, 4) is 28.7 Å². The number of hydrogen-bond acceptors (Lipinski definition) is 10. The minimum absolute atomic E-state index is 0.0116. The van der Waals surface area contributed by atoms with Gasteiger partial charge in [-0.15, -0.1) is 0 Å². The van der Waals surface area contributed by atoms with Gasteiger partial charge in [0.25, 0.3) is 0 Å². The minimum Gasteiger partial charge on any atom is -0.496 e. The van der Waals surface area contributed by atoms with Crippen LogP contribution in [0.3, 0.4) is 0 Å². The Hall–Kier alpha value is -3.77. The molecule has 0 amide bonds. The van der Waals surface area contributed by atoms with Crippen LogP contribution in [0.1, 0.15) is 26.5 Å². The summed E-state index contributed by atoms with van der Waals surface area (Å²) in [6.45, 7) is 7.90. The van der Waals surface area contributed by atoms with E-state index in [0.717, 1.165) is 27.8 Å². The van der Waals surface area contributed by atoms with Gasteiger partial charge < -0.3 is 19.5 Å². The van der Waals surface area contributed by atoms with Crippen molar-refractivity contribution in [2.45, 2.75) is 39.3 Å². The standard InChI is InChI=1S/C28H34N6O5S/c1-17-21-13-30-34(24(21)11-23(31-17)22-12-29-8-7-25(22)38-5)26-9-20(10-27(32-26)39-16-28(3,4)35)33-14-19(18(33)2)15-40(6,36)37/h7-13,18-19,35H,14-16H2,1-6H3/t18-,19-/m1/s1. The lowest BCUT2D eigenvalue weighted by atomic mass is 9.91. The van der Waals surface area contributed by atoms with E-state index in [1.807, 2.05) is 32.0 Å². The van der Waals surface area contributed by atoms with Crippen LogP contribution in [-0.4, -0.2) is 82.2 Å². The van der Waals surface area contributed by atoms with Crippen molar-refractivity contribution in [3.63, 3.8) is 0 Å². The Morgan fingerprint density at radius 3 is 2.62 bits per heavy atom. The molecule has 4 aromatic heterocycles. The second-order valence-electron chi connectivity index (χ2n) is 11.0. The number of sulfone groups is 1. The summed E-state index contributed by atoms with van der Waals surface area (Å²) in [6, 6.07) is 7.45. The molecule has 1 aliphatic heterocycles. The fraction of sp³-hybridized carbons (Fsp3) is 0.429. The van der Waals surface area contributed by atoms with E-state index in [-0.39, 0.29) is 24.3 Å². The van der Waals surface area contributed by atoms with Crippen LogP contribution in [0, 0.1) is 12.8 Å². The van der Waals surface area contributed by atoms with E-state index in [1.54, 1.807) is 50.3 Å². The Balaban J connectivity index is 1.59. The maximum atomic E-state index is 11.9. The number of rotatable bonds is 9. The summed E-state index contributed by atoms with van der Waals surface area (Å²) >= 11 is 0. The van der Waals surface area contributed by atoms with Gasteiger partial charge in [-0.1, -0.05) is 0 Å². The number of nitrogens with zero attached hydrogens (tertiary/aromatic N) is 6. The molecule has 12 heteroatoms. The minimum atomic E-state index is -3.08. The van der Waals surface area contributed by atoms with E-state index < -0.39 is 15.4 Å². The summed E-state index contributed by atoms with van der Waals surface area (Å²) < 4.78 is 36.9. The van der Waals surface area contributed by atoms with Crippen molar-refractivity contribution in [2.75, 3.05) is 37.2 Å². The molecule has 0 spiro atoms. The Labute approximate surface area is 233 Å². The SMILES string of the molecule is COc1ccncc1-c1cc2c(cnn2-c2cc(N3C[C@H](CS(C)(=O)=O)[C@H]3C)cc(OCC(C)(C)O)n2)c(C)n1. The van der Waals surface area contributed by atoms with Crippen LogP contribution in [0.4, 0.5) is 5.69 Å². The molecule has 1 N–H and O–H groups in total. The van der Waals surface area contributed by atoms with Crippen LogP contribution >= 0.6 is 0 Å². The monoisotopic (exact) mass is 566 g/mol. The highest BCUT2D eigenvalue weighted by Gasteiger charge is 2.38. The topological polar surface area (TPSA) is 133 Å². The number of ether oxygens (including phenoxy) is 2. The zero-order valence-corrected chi connectivity index (χ0v) is 24.3. The molecular weight excluding hydrogens is 532 g/mol. The lowest BCUT2D eigenvalue weighted by Gasteiger charge is -2.48. The molecule has 11 nitrogen and oxygen atoms in total. The first-order valence-corrected chi connectivity index (χ1v) is 15.0. The highest BCUT2D eigenvalue weighted by Crippen LogP contribution is 2.36. The predicted octanol–water partition coefficient (Wildman–Crippen LogP) is 3.21. The van der Waals surface area contributed by atoms with Gasteiger partial charge in [0.1, 0.15) is 22.2 Å². The maximum absolute atomic E-state index is 11.9. The summed E-state index contributed by atoms with van der Waals surface area (Å²) in [5.74, 6) is 1.68. The third-order valence-electron chi connectivity index (χ3n) is 7.05. The van der Waals surface area contributed by atoms with E-state index >= 15 is 0 Å². The lowest BCUT2D eigenvalue weighted by molar-refractivity contribution is 0.0268. The van der Waals surface area contributed by atoms with Gasteiger partial charge in [0.15, 0.2) is 5.82 Å². The molecular formula is C28H34N6O5S. The number of fused-ring (bicyclic) bond motifs is 1. The Morgan fingerprint density at radius 1 is 1.18 bits per heavy atom. The number of aryl methyl sites for hydroxylation is 1. The molecule has 40 heavy (non-hydrogen) atoms. The molecule has 212 valence electrons. The van der Waals surface area contributed by atoms with Gasteiger partial charge in [-0.3, -0.25) is 9.97 Å². The summed E-state index contributed by atoms with van der Waals surface area (Å²) in [6.07, 6.45) is 6.40. The van der Waals surface area contributed by atoms with Crippen LogP contribution in [0.2, 0.25) is 0 Å². The van der Waals surface area contributed by atoms with E-state index in [0.29, 0.717) is 29.7 Å². The van der Waals surface area contributed by atoms with Gasteiger partial charge in [0.2, 0.25) is 5.88 Å². The smallest absolute Gasteiger partial charge is 0.217 e. The van der Waals surface area contributed by atoms with Crippen molar-refractivity contribution >= 4 is 26.4 Å². The number of pyridine rings is 3. The highest BCUT2D eigenvalue weighted by atomic mass is 32.2. The van der Waals surface area contributed by atoms with E-state index in [4.69, 9.17) is 19.4 Å². The zero-order chi connectivity index (χ0) is 28.8. The van der Waals surface area contributed by atoms with Gasteiger partial charge in [-0.05, 0) is 39.8 Å². The number of hydrogen-bond donors (Lipinski definition) is 1. The molecule has 0 radical (unpaired) electrons. The first kappa shape index (κ1) is 27.8. The van der Waals surface area contributed by atoms with E-state index in [2.05, 4.69) is 15.0 Å². The zero-order valence-electron chi connectivity index (χ0n) is 23.5. The number of methoxy groups -OCH3 is 1. The molecule has 2 atom stereocenters. The first-order chi connectivity index (χ1) is 18.8. The van der Waals surface area contributed by atoms with E-state index in [9.17, 15) is 13.5 Å².